The van der Waals surface area contributed by atoms with Crippen molar-refractivity contribution in [3.05, 3.63) is 47.1 Å². The van der Waals surface area contributed by atoms with Gasteiger partial charge in [-0.05, 0) is 48.4 Å². The fraction of sp³-hybridized carbons (Fsp3) is 0.375. The van der Waals surface area contributed by atoms with Gasteiger partial charge in [-0.25, -0.2) is 4.39 Å². The molecular weight excluding hydrogens is 289 g/mol. The first-order valence-electron chi connectivity index (χ1n) is 6.76. The van der Waals surface area contributed by atoms with Crippen LogP contribution >= 0.6 is 23.1 Å². The van der Waals surface area contributed by atoms with Crippen molar-refractivity contribution in [2.75, 3.05) is 12.8 Å². The molecule has 1 unspecified atom stereocenters. The summed E-state index contributed by atoms with van der Waals surface area (Å²) in [6.07, 6.45) is 3.29. The number of hydrogen-bond donors (Lipinski definition) is 1. The third-order valence-corrected chi connectivity index (χ3v) is 5.22. The summed E-state index contributed by atoms with van der Waals surface area (Å²) in [6.45, 7) is 4.02. The molecule has 1 aromatic carbocycles. The summed E-state index contributed by atoms with van der Waals surface area (Å²) in [6, 6.07) is 9.29. The van der Waals surface area contributed by atoms with E-state index >= 15 is 0 Å². The van der Waals surface area contributed by atoms with Gasteiger partial charge in [-0.15, -0.1) is 11.3 Å². The Morgan fingerprint density at radius 3 is 2.90 bits per heavy atom. The van der Waals surface area contributed by atoms with Gasteiger partial charge in [-0.1, -0.05) is 19.1 Å². The summed E-state index contributed by atoms with van der Waals surface area (Å²) in [4.78, 5) is 0.986. The monoisotopic (exact) mass is 309 g/mol. The van der Waals surface area contributed by atoms with Crippen LogP contribution in [-0.2, 0) is 6.54 Å². The van der Waals surface area contributed by atoms with Crippen LogP contribution in [0.2, 0.25) is 0 Å². The van der Waals surface area contributed by atoms with Gasteiger partial charge in [-0.2, -0.15) is 11.8 Å². The molecule has 1 aromatic heterocycles. The Morgan fingerprint density at radius 1 is 1.35 bits per heavy atom. The summed E-state index contributed by atoms with van der Waals surface area (Å²) in [5.41, 5.74) is 1.84. The predicted octanol–water partition coefficient (Wildman–Crippen LogP) is 4.79. The predicted molar refractivity (Wildman–Crippen MR) is 89.0 cm³/mol. The van der Waals surface area contributed by atoms with E-state index in [9.17, 15) is 4.39 Å². The second-order valence-electron chi connectivity index (χ2n) is 4.80. The Labute approximate surface area is 128 Å². The lowest BCUT2D eigenvalue weighted by atomic mass is 10.1. The zero-order valence-electron chi connectivity index (χ0n) is 11.9. The van der Waals surface area contributed by atoms with Gasteiger partial charge >= 0.3 is 0 Å². The zero-order chi connectivity index (χ0) is 14.4. The van der Waals surface area contributed by atoms with Gasteiger partial charge in [0, 0.05) is 22.2 Å². The fourth-order valence-corrected chi connectivity index (χ4v) is 3.06. The van der Waals surface area contributed by atoms with Crippen LogP contribution in [0.15, 0.2) is 35.7 Å². The van der Waals surface area contributed by atoms with E-state index in [2.05, 4.69) is 18.5 Å². The summed E-state index contributed by atoms with van der Waals surface area (Å²) in [5.74, 6) is -0.146. The largest absolute Gasteiger partial charge is 0.313 e. The first-order chi connectivity index (χ1) is 9.70. The smallest absolute Gasteiger partial charge is 0.131 e. The molecule has 0 aliphatic heterocycles. The lowest BCUT2D eigenvalue weighted by Crippen LogP contribution is -2.17. The van der Waals surface area contributed by atoms with Crippen molar-refractivity contribution in [2.24, 2.45) is 0 Å². The summed E-state index contributed by atoms with van der Waals surface area (Å²) in [5, 5.41) is 6.08. The fourth-order valence-electron chi connectivity index (χ4n) is 1.96. The molecule has 108 valence electrons. The molecular formula is C16H20FNS2. The number of halogens is 1. The average molecular weight is 309 g/mol. The number of thioether (sulfide) groups is 1. The minimum absolute atomic E-state index is 0.146. The second kappa shape index (κ2) is 7.81. The van der Waals surface area contributed by atoms with Gasteiger partial charge in [0.2, 0.25) is 0 Å². The molecule has 1 nitrogen and oxygen atoms in total. The first kappa shape index (κ1) is 15.5. The van der Waals surface area contributed by atoms with Gasteiger partial charge in [0.15, 0.2) is 0 Å². The van der Waals surface area contributed by atoms with E-state index < -0.39 is 0 Å². The molecule has 0 spiro atoms. The maximum Gasteiger partial charge on any atom is 0.131 e. The molecule has 2 rings (SSSR count). The van der Waals surface area contributed by atoms with Gasteiger partial charge < -0.3 is 5.32 Å². The summed E-state index contributed by atoms with van der Waals surface area (Å²) >= 11 is 3.46. The van der Waals surface area contributed by atoms with Crippen molar-refractivity contribution in [1.82, 2.24) is 5.32 Å². The first-order valence-corrected chi connectivity index (χ1v) is 8.93. The van der Waals surface area contributed by atoms with Crippen LogP contribution in [0.3, 0.4) is 0 Å². The molecule has 0 saturated carbocycles. The van der Waals surface area contributed by atoms with Crippen molar-refractivity contribution in [3.63, 3.8) is 0 Å². The van der Waals surface area contributed by atoms with E-state index in [4.69, 9.17) is 0 Å². The molecule has 20 heavy (non-hydrogen) atoms. The Kier molecular flexibility index (Phi) is 6.07. The van der Waals surface area contributed by atoms with E-state index in [1.165, 1.54) is 0 Å². The highest BCUT2D eigenvalue weighted by molar-refractivity contribution is 7.99. The maximum absolute atomic E-state index is 13.9. The Balaban J connectivity index is 1.95. The lowest BCUT2D eigenvalue weighted by molar-refractivity contribution is 0.626. The zero-order valence-corrected chi connectivity index (χ0v) is 13.5. The summed E-state index contributed by atoms with van der Waals surface area (Å²) in [7, 11) is 0. The maximum atomic E-state index is 13.9. The molecule has 0 aliphatic rings. The highest BCUT2D eigenvalue weighted by Gasteiger charge is 2.07. The Bertz CT molecular complexity index is 525. The van der Waals surface area contributed by atoms with E-state index in [-0.39, 0.29) is 5.82 Å². The number of nitrogens with one attached hydrogen (secondary N) is 1. The molecule has 1 heterocycles. The standard InChI is InChI=1S/C16H20FNS2/c1-12(19-2)7-8-18-11-13-5-6-15(17)14(10-13)16-4-3-9-20-16/h3-6,9-10,12,18H,7-8,11H2,1-2H3. The van der Waals surface area contributed by atoms with Crippen molar-refractivity contribution >= 4 is 23.1 Å². The van der Waals surface area contributed by atoms with Gasteiger partial charge in [0.25, 0.3) is 0 Å². The van der Waals surface area contributed by atoms with Gasteiger partial charge in [0.1, 0.15) is 5.82 Å². The number of thiophene rings is 1. The molecule has 1 atom stereocenters. The molecule has 1 N–H and O–H groups in total. The highest BCUT2D eigenvalue weighted by atomic mass is 32.2. The SMILES string of the molecule is CSC(C)CCNCc1ccc(F)c(-c2cccs2)c1. The van der Waals surface area contributed by atoms with E-state index in [0.717, 1.165) is 30.0 Å². The van der Waals surface area contributed by atoms with Crippen LogP contribution in [0.25, 0.3) is 10.4 Å². The van der Waals surface area contributed by atoms with E-state index in [1.807, 2.05) is 41.4 Å². The molecule has 2 aromatic rings. The van der Waals surface area contributed by atoms with Gasteiger partial charge in [0.05, 0.1) is 0 Å². The number of hydrogen-bond acceptors (Lipinski definition) is 3. The molecule has 0 bridgehead atoms. The molecule has 0 radical (unpaired) electrons. The van der Waals surface area contributed by atoms with Crippen LogP contribution in [0.4, 0.5) is 4.39 Å². The second-order valence-corrected chi connectivity index (χ2v) is 7.03. The Morgan fingerprint density at radius 2 is 2.20 bits per heavy atom. The number of rotatable bonds is 7. The highest BCUT2D eigenvalue weighted by Crippen LogP contribution is 2.28. The molecule has 0 aliphatic carbocycles. The average Bonchev–Trinajstić information content (AvgIpc) is 2.98. The molecule has 0 fully saturated rings. The van der Waals surface area contributed by atoms with Crippen LogP contribution in [-0.4, -0.2) is 18.1 Å². The van der Waals surface area contributed by atoms with Crippen molar-refractivity contribution in [2.45, 2.75) is 25.1 Å². The van der Waals surface area contributed by atoms with Crippen molar-refractivity contribution < 1.29 is 4.39 Å². The quantitative estimate of drug-likeness (QED) is 0.738. The normalized spacial score (nSPS) is 12.6. The van der Waals surface area contributed by atoms with Crippen LogP contribution in [0, 0.1) is 5.82 Å². The van der Waals surface area contributed by atoms with Crippen molar-refractivity contribution in [3.8, 4) is 10.4 Å². The van der Waals surface area contributed by atoms with E-state index in [1.54, 1.807) is 17.4 Å². The molecule has 0 saturated heterocycles. The van der Waals surface area contributed by atoms with Crippen LogP contribution in [0.5, 0.6) is 0 Å². The summed E-state index contributed by atoms with van der Waals surface area (Å²) < 4.78 is 13.9. The number of benzene rings is 1. The topological polar surface area (TPSA) is 12.0 Å². The van der Waals surface area contributed by atoms with Crippen LogP contribution in [0.1, 0.15) is 18.9 Å². The molecule has 0 amide bonds. The van der Waals surface area contributed by atoms with Gasteiger partial charge in [-0.3, -0.25) is 0 Å². The van der Waals surface area contributed by atoms with Crippen molar-refractivity contribution in [1.29, 1.82) is 0 Å². The Hall–Kier alpha value is -0.840. The lowest BCUT2D eigenvalue weighted by Gasteiger charge is -2.10. The minimum Gasteiger partial charge on any atom is -0.313 e. The third kappa shape index (κ3) is 4.33. The van der Waals surface area contributed by atoms with E-state index in [0.29, 0.717) is 10.8 Å². The third-order valence-electron chi connectivity index (χ3n) is 3.28. The van der Waals surface area contributed by atoms with Crippen LogP contribution < -0.4 is 5.32 Å². The molecule has 4 heteroatoms. The minimum atomic E-state index is -0.146.